The molecule has 0 radical (unpaired) electrons. The summed E-state index contributed by atoms with van der Waals surface area (Å²) < 4.78 is 0. The van der Waals surface area contributed by atoms with Crippen molar-refractivity contribution in [1.29, 1.82) is 0 Å². The number of amides is 1. The summed E-state index contributed by atoms with van der Waals surface area (Å²) in [7, 11) is 1.81. The van der Waals surface area contributed by atoms with E-state index in [1.807, 2.05) is 7.05 Å². The van der Waals surface area contributed by atoms with Gasteiger partial charge in [0, 0.05) is 45.7 Å². The van der Waals surface area contributed by atoms with E-state index in [0.717, 1.165) is 24.8 Å². The van der Waals surface area contributed by atoms with Gasteiger partial charge in [0.15, 0.2) is 5.96 Å². The van der Waals surface area contributed by atoms with Crippen molar-refractivity contribution in [2.24, 2.45) is 16.8 Å². The highest BCUT2D eigenvalue weighted by molar-refractivity contribution is 5.81. The van der Waals surface area contributed by atoms with Crippen LogP contribution in [0, 0.1) is 11.8 Å². The van der Waals surface area contributed by atoms with Crippen molar-refractivity contribution in [2.45, 2.75) is 45.6 Å². The summed E-state index contributed by atoms with van der Waals surface area (Å²) in [4.78, 5) is 18.1. The SMILES string of the molecule is CN=C(NCC1CCCN(CC(C)C)C1)NC1CCC(=O)NC1. The molecule has 0 spiro atoms. The lowest BCUT2D eigenvalue weighted by molar-refractivity contribution is -0.122. The molecule has 3 N–H and O–H groups in total. The normalized spacial score (nSPS) is 27.0. The molecule has 23 heavy (non-hydrogen) atoms. The molecular formula is C17H33N5O. The smallest absolute Gasteiger partial charge is 0.220 e. The number of carbonyl (C=O) groups excluding carboxylic acids is 1. The third-order valence-electron chi connectivity index (χ3n) is 4.61. The third kappa shape index (κ3) is 6.37. The highest BCUT2D eigenvalue weighted by Crippen LogP contribution is 2.16. The molecule has 2 aliphatic rings. The molecule has 2 heterocycles. The van der Waals surface area contributed by atoms with Crippen molar-refractivity contribution in [3.05, 3.63) is 0 Å². The molecule has 0 saturated carbocycles. The number of hydrogen-bond acceptors (Lipinski definition) is 3. The lowest BCUT2D eigenvalue weighted by Crippen LogP contribution is -2.52. The number of likely N-dealkylation sites (tertiary alicyclic amines) is 1. The highest BCUT2D eigenvalue weighted by Gasteiger charge is 2.22. The van der Waals surface area contributed by atoms with Crippen LogP contribution in [-0.4, -0.2) is 62.6 Å². The second-order valence-electron chi connectivity index (χ2n) is 7.30. The second kappa shape index (κ2) is 9.11. The van der Waals surface area contributed by atoms with Gasteiger partial charge in [0.05, 0.1) is 0 Å². The first kappa shape index (κ1) is 18.0. The van der Waals surface area contributed by atoms with Crippen LogP contribution in [-0.2, 0) is 4.79 Å². The second-order valence-corrected chi connectivity index (χ2v) is 7.30. The minimum absolute atomic E-state index is 0.151. The van der Waals surface area contributed by atoms with Gasteiger partial charge in [-0.25, -0.2) is 0 Å². The van der Waals surface area contributed by atoms with Crippen molar-refractivity contribution in [1.82, 2.24) is 20.9 Å². The van der Waals surface area contributed by atoms with E-state index >= 15 is 0 Å². The van der Waals surface area contributed by atoms with Gasteiger partial charge in [0.1, 0.15) is 0 Å². The molecule has 0 aromatic carbocycles. The van der Waals surface area contributed by atoms with Crippen molar-refractivity contribution in [3.63, 3.8) is 0 Å². The van der Waals surface area contributed by atoms with Gasteiger partial charge in [-0.3, -0.25) is 9.79 Å². The highest BCUT2D eigenvalue weighted by atomic mass is 16.1. The van der Waals surface area contributed by atoms with E-state index in [1.165, 1.54) is 32.5 Å². The Kier molecular flexibility index (Phi) is 7.15. The summed E-state index contributed by atoms with van der Waals surface area (Å²) >= 11 is 0. The summed E-state index contributed by atoms with van der Waals surface area (Å²) in [5.74, 6) is 2.43. The predicted molar refractivity (Wildman–Crippen MR) is 94.5 cm³/mol. The Hall–Kier alpha value is -1.30. The predicted octanol–water partition coefficient (Wildman–Crippen LogP) is 0.798. The van der Waals surface area contributed by atoms with Gasteiger partial charge < -0.3 is 20.9 Å². The van der Waals surface area contributed by atoms with Crippen molar-refractivity contribution in [2.75, 3.05) is 39.8 Å². The molecule has 2 atom stereocenters. The molecule has 2 unspecified atom stereocenters. The molecule has 2 aliphatic heterocycles. The first-order valence-electron chi connectivity index (χ1n) is 9.03. The first-order chi connectivity index (χ1) is 11.1. The minimum Gasteiger partial charge on any atom is -0.356 e. The lowest BCUT2D eigenvalue weighted by atomic mass is 9.97. The average molecular weight is 323 g/mol. The van der Waals surface area contributed by atoms with Crippen LogP contribution in [0.2, 0.25) is 0 Å². The standard InChI is InChI=1S/C17H33N5O/c1-13(2)11-22-8-4-5-14(12-22)9-20-17(18-3)21-15-6-7-16(23)19-10-15/h13-15H,4-12H2,1-3H3,(H,19,23)(H2,18,20,21). The fourth-order valence-electron chi connectivity index (χ4n) is 3.49. The van der Waals surface area contributed by atoms with E-state index in [1.54, 1.807) is 0 Å². The van der Waals surface area contributed by atoms with Gasteiger partial charge in [-0.15, -0.1) is 0 Å². The number of aliphatic imine (C=N–C) groups is 1. The van der Waals surface area contributed by atoms with Crippen LogP contribution in [0.25, 0.3) is 0 Å². The lowest BCUT2D eigenvalue weighted by Gasteiger charge is -2.34. The maximum absolute atomic E-state index is 11.2. The number of carbonyl (C=O) groups is 1. The fraction of sp³-hybridized carbons (Fsp3) is 0.882. The molecule has 0 aromatic rings. The number of nitrogens with zero attached hydrogens (tertiary/aromatic N) is 2. The molecule has 2 rings (SSSR count). The largest absolute Gasteiger partial charge is 0.356 e. The van der Waals surface area contributed by atoms with Gasteiger partial charge in [0.25, 0.3) is 0 Å². The molecule has 1 amide bonds. The zero-order chi connectivity index (χ0) is 16.7. The van der Waals surface area contributed by atoms with Gasteiger partial charge >= 0.3 is 0 Å². The number of piperidine rings is 2. The number of hydrogen-bond donors (Lipinski definition) is 3. The number of guanidine groups is 1. The van der Waals surface area contributed by atoms with Gasteiger partial charge in [-0.05, 0) is 37.6 Å². The van der Waals surface area contributed by atoms with E-state index in [2.05, 4.69) is 39.7 Å². The topological polar surface area (TPSA) is 68.8 Å². The van der Waals surface area contributed by atoms with Crippen molar-refractivity contribution < 1.29 is 4.79 Å². The molecular weight excluding hydrogens is 290 g/mol. The summed E-state index contributed by atoms with van der Waals surface area (Å²) in [5.41, 5.74) is 0. The van der Waals surface area contributed by atoms with E-state index in [9.17, 15) is 4.79 Å². The maximum atomic E-state index is 11.2. The molecule has 2 fully saturated rings. The molecule has 2 saturated heterocycles. The molecule has 6 nitrogen and oxygen atoms in total. The number of rotatable bonds is 5. The van der Waals surface area contributed by atoms with Crippen LogP contribution in [0.15, 0.2) is 4.99 Å². The summed E-state index contributed by atoms with van der Waals surface area (Å²) in [6.45, 7) is 9.85. The van der Waals surface area contributed by atoms with Crippen LogP contribution in [0.3, 0.4) is 0 Å². The summed E-state index contributed by atoms with van der Waals surface area (Å²) in [6, 6.07) is 0.280. The van der Waals surface area contributed by atoms with Crippen LogP contribution in [0.5, 0.6) is 0 Å². The van der Waals surface area contributed by atoms with E-state index < -0.39 is 0 Å². The Morgan fingerprint density at radius 1 is 1.43 bits per heavy atom. The van der Waals surface area contributed by atoms with Crippen LogP contribution in [0.4, 0.5) is 0 Å². The Morgan fingerprint density at radius 3 is 2.91 bits per heavy atom. The van der Waals surface area contributed by atoms with Gasteiger partial charge in [-0.1, -0.05) is 13.8 Å². The maximum Gasteiger partial charge on any atom is 0.220 e. The zero-order valence-electron chi connectivity index (χ0n) is 14.9. The van der Waals surface area contributed by atoms with Crippen LogP contribution in [0.1, 0.15) is 39.5 Å². The van der Waals surface area contributed by atoms with E-state index in [-0.39, 0.29) is 11.9 Å². The molecule has 6 heteroatoms. The fourth-order valence-corrected chi connectivity index (χ4v) is 3.49. The van der Waals surface area contributed by atoms with E-state index in [4.69, 9.17) is 0 Å². The first-order valence-corrected chi connectivity index (χ1v) is 9.03. The quantitative estimate of drug-likeness (QED) is 0.517. The van der Waals surface area contributed by atoms with Crippen LogP contribution >= 0.6 is 0 Å². The van der Waals surface area contributed by atoms with Crippen molar-refractivity contribution in [3.8, 4) is 0 Å². The summed E-state index contributed by atoms with van der Waals surface area (Å²) in [6.07, 6.45) is 4.05. The van der Waals surface area contributed by atoms with Gasteiger partial charge in [-0.2, -0.15) is 0 Å². The molecule has 132 valence electrons. The zero-order valence-corrected chi connectivity index (χ0v) is 14.9. The summed E-state index contributed by atoms with van der Waals surface area (Å²) in [5, 5.41) is 9.79. The molecule has 0 aromatic heterocycles. The monoisotopic (exact) mass is 323 g/mol. The van der Waals surface area contributed by atoms with E-state index in [0.29, 0.717) is 18.9 Å². The van der Waals surface area contributed by atoms with Crippen LogP contribution < -0.4 is 16.0 Å². The molecule has 0 bridgehead atoms. The third-order valence-corrected chi connectivity index (χ3v) is 4.61. The van der Waals surface area contributed by atoms with Gasteiger partial charge in [0.2, 0.25) is 5.91 Å². The van der Waals surface area contributed by atoms with Crippen molar-refractivity contribution >= 4 is 11.9 Å². The Labute approximate surface area is 140 Å². The Bertz CT molecular complexity index is 400. The molecule has 0 aliphatic carbocycles. The number of nitrogens with one attached hydrogen (secondary N) is 3. The average Bonchev–Trinajstić information content (AvgIpc) is 2.53. The minimum atomic E-state index is 0.151. The Balaban J connectivity index is 1.71. The Morgan fingerprint density at radius 2 is 2.26 bits per heavy atom.